The lowest BCUT2D eigenvalue weighted by molar-refractivity contribution is 1.21. The zero-order chi connectivity index (χ0) is 41.6. The summed E-state index contributed by atoms with van der Waals surface area (Å²) >= 11 is 0. The summed E-state index contributed by atoms with van der Waals surface area (Å²) in [7, 11) is 0. The molecule has 8 rings (SSSR count). The third-order valence-electron chi connectivity index (χ3n) is 11.2. The van der Waals surface area contributed by atoms with Crippen LogP contribution in [0.5, 0.6) is 0 Å². The summed E-state index contributed by atoms with van der Waals surface area (Å²) in [6, 6.07) is 65.9. The molecule has 0 unspecified atom stereocenters. The molecule has 0 spiro atoms. The van der Waals surface area contributed by atoms with E-state index in [2.05, 4.69) is 246 Å². The van der Waals surface area contributed by atoms with Crippen LogP contribution in [-0.2, 0) is 0 Å². The van der Waals surface area contributed by atoms with E-state index in [1.807, 2.05) is 12.1 Å². The van der Waals surface area contributed by atoms with E-state index in [1.54, 1.807) is 0 Å². The second-order valence-corrected chi connectivity index (χ2v) is 15.9. The molecule has 0 saturated heterocycles. The fraction of sp³-hybridized carbons (Fsp3) is 0.103. The highest BCUT2D eigenvalue weighted by Crippen LogP contribution is 2.42. The Morgan fingerprint density at radius 2 is 0.583 bits per heavy atom. The maximum Gasteiger partial charge on any atom is 0.0491 e. The standard InChI is InChI=1S/C58H52N2/c1-41-17-33-55(43(3)37-41)59(53-29-23-49(24-30-53)21-19-47-13-9-7-10-14-47)57-35-27-51(39-45(57)5)52-28-36-58(46(6)40-52)60(56-34-18-42(2)38-44(56)4)54-31-25-50(26-32-54)22-20-48-15-11-8-12-16-48/h7-40H,1-6H3/b21-19+,22-20+. The Kier molecular flexibility index (Phi) is 11.7. The van der Waals surface area contributed by atoms with Crippen LogP contribution in [0.2, 0.25) is 0 Å². The van der Waals surface area contributed by atoms with Crippen molar-refractivity contribution in [2.75, 3.05) is 9.80 Å². The first-order chi connectivity index (χ1) is 29.2. The van der Waals surface area contributed by atoms with Gasteiger partial charge in [-0.1, -0.05) is 157 Å². The fourth-order valence-electron chi connectivity index (χ4n) is 8.08. The molecule has 0 heterocycles. The predicted molar refractivity (Wildman–Crippen MR) is 260 cm³/mol. The molecular weight excluding hydrogens is 725 g/mol. The van der Waals surface area contributed by atoms with Gasteiger partial charge in [-0.05, 0) is 158 Å². The van der Waals surface area contributed by atoms with Crippen molar-refractivity contribution in [3.8, 4) is 11.1 Å². The Bertz CT molecular complexity index is 2600. The molecule has 0 saturated carbocycles. The van der Waals surface area contributed by atoms with Crippen LogP contribution in [0.1, 0.15) is 55.6 Å². The van der Waals surface area contributed by atoms with Gasteiger partial charge in [-0.15, -0.1) is 0 Å². The van der Waals surface area contributed by atoms with Crippen LogP contribution in [0.4, 0.5) is 34.1 Å². The molecule has 2 heteroatoms. The average Bonchev–Trinajstić information content (AvgIpc) is 3.26. The molecule has 0 aliphatic rings. The first kappa shape index (κ1) is 39.7. The number of benzene rings is 8. The van der Waals surface area contributed by atoms with E-state index in [1.165, 1.54) is 67.0 Å². The SMILES string of the molecule is Cc1ccc(N(c2ccc(/C=C/c3ccccc3)cc2)c2ccc(-c3ccc(N(c4ccc(/C=C/c5ccccc5)cc4)c4ccc(C)cc4C)c(C)c3)cc2C)c(C)c1. The summed E-state index contributed by atoms with van der Waals surface area (Å²) in [6.07, 6.45) is 8.68. The zero-order valence-corrected chi connectivity index (χ0v) is 35.5. The lowest BCUT2D eigenvalue weighted by atomic mass is 9.98. The van der Waals surface area contributed by atoms with E-state index in [-0.39, 0.29) is 0 Å². The lowest BCUT2D eigenvalue weighted by Crippen LogP contribution is -2.13. The van der Waals surface area contributed by atoms with E-state index < -0.39 is 0 Å². The van der Waals surface area contributed by atoms with E-state index in [0.29, 0.717) is 0 Å². The van der Waals surface area contributed by atoms with Crippen molar-refractivity contribution in [3.63, 3.8) is 0 Å². The van der Waals surface area contributed by atoms with Crippen molar-refractivity contribution in [2.24, 2.45) is 0 Å². The molecule has 294 valence electrons. The summed E-state index contributed by atoms with van der Waals surface area (Å²) in [4.78, 5) is 4.80. The third-order valence-corrected chi connectivity index (χ3v) is 11.2. The van der Waals surface area contributed by atoms with Gasteiger partial charge in [0.2, 0.25) is 0 Å². The highest BCUT2D eigenvalue weighted by molar-refractivity contribution is 5.85. The van der Waals surface area contributed by atoms with Crippen LogP contribution in [0, 0.1) is 41.5 Å². The fourth-order valence-corrected chi connectivity index (χ4v) is 8.08. The van der Waals surface area contributed by atoms with Gasteiger partial charge in [0.1, 0.15) is 0 Å². The Balaban J connectivity index is 1.12. The molecular formula is C58H52N2. The Hall–Kier alpha value is -7.16. The van der Waals surface area contributed by atoms with Gasteiger partial charge in [0, 0.05) is 34.1 Å². The second-order valence-electron chi connectivity index (χ2n) is 15.9. The molecule has 0 aliphatic carbocycles. The monoisotopic (exact) mass is 776 g/mol. The summed E-state index contributed by atoms with van der Waals surface area (Å²) in [6.45, 7) is 13.2. The normalized spacial score (nSPS) is 11.4. The molecule has 2 nitrogen and oxygen atoms in total. The quantitative estimate of drug-likeness (QED) is 0.121. The molecule has 60 heavy (non-hydrogen) atoms. The van der Waals surface area contributed by atoms with Gasteiger partial charge in [-0.2, -0.15) is 0 Å². The first-order valence-electron chi connectivity index (χ1n) is 20.8. The number of nitrogens with zero attached hydrogens (tertiary/aromatic N) is 2. The van der Waals surface area contributed by atoms with Crippen molar-refractivity contribution in [1.29, 1.82) is 0 Å². The van der Waals surface area contributed by atoms with Crippen molar-refractivity contribution < 1.29 is 0 Å². The van der Waals surface area contributed by atoms with Gasteiger partial charge < -0.3 is 9.80 Å². The minimum Gasteiger partial charge on any atom is -0.310 e. The van der Waals surface area contributed by atoms with Crippen molar-refractivity contribution in [2.45, 2.75) is 41.5 Å². The maximum absolute atomic E-state index is 2.40. The third kappa shape index (κ3) is 8.94. The summed E-state index contributed by atoms with van der Waals surface area (Å²) in [5.74, 6) is 0. The van der Waals surface area contributed by atoms with Crippen LogP contribution < -0.4 is 9.80 Å². The maximum atomic E-state index is 2.40. The van der Waals surface area contributed by atoms with Crippen LogP contribution >= 0.6 is 0 Å². The Labute approximate surface area is 357 Å². The number of hydrogen-bond acceptors (Lipinski definition) is 2. The molecule has 0 N–H and O–H groups in total. The minimum atomic E-state index is 1.13. The summed E-state index contributed by atoms with van der Waals surface area (Å²) < 4.78 is 0. The number of aryl methyl sites for hydroxylation is 6. The highest BCUT2D eigenvalue weighted by Gasteiger charge is 2.20. The molecule has 0 amide bonds. The number of anilines is 6. The summed E-state index contributed by atoms with van der Waals surface area (Å²) in [5, 5.41) is 0. The molecule has 0 aromatic heterocycles. The van der Waals surface area contributed by atoms with Crippen LogP contribution in [0.15, 0.2) is 182 Å². The number of hydrogen-bond donors (Lipinski definition) is 0. The highest BCUT2D eigenvalue weighted by atomic mass is 15.2. The van der Waals surface area contributed by atoms with Crippen molar-refractivity contribution >= 4 is 58.4 Å². The first-order valence-corrected chi connectivity index (χ1v) is 20.8. The van der Waals surface area contributed by atoms with E-state index in [4.69, 9.17) is 0 Å². The van der Waals surface area contributed by atoms with Gasteiger partial charge >= 0.3 is 0 Å². The summed E-state index contributed by atoms with van der Waals surface area (Å²) in [5.41, 5.74) is 21.4. The Morgan fingerprint density at radius 1 is 0.283 bits per heavy atom. The van der Waals surface area contributed by atoms with Gasteiger partial charge in [0.25, 0.3) is 0 Å². The van der Waals surface area contributed by atoms with Crippen molar-refractivity contribution in [1.82, 2.24) is 0 Å². The molecule has 8 aromatic rings. The van der Waals surface area contributed by atoms with Crippen LogP contribution in [-0.4, -0.2) is 0 Å². The lowest BCUT2D eigenvalue weighted by Gasteiger charge is -2.30. The molecule has 0 aliphatic heterocycles. The van der Waals surface area contributed by atoms with E-state index >= 15 is 0 Å². The molecule has 0 atom stereocenters. The minimum absolute atomic E-state index is 1.13. The van der Waals surface area contributed by atoms with Crippen LogP contribution in [0.3, 0.4) is 0 Å². The topological polar surface area (TPSA) is 6.48 Å². The van der Waals surface area contributed by atoms with E-state index in [0.717, 1.165) is 33.9 Å². The predicted octanol–water partition coefficient (Wildman–Crippen LogP) is 16.5. The Morgan fingerprint density at radius 3 is 0.900 bits per heavy atom. The molecule has 0 fully saturated rings. The number of rotatable bonds is 11. The van der Waals surface area contributed by atoms with Gasteiger partial charge in [0.05, 0.1) is 0 Å². The molecule has 0 radical (unpaired) electrons. The molecule has 8 aromatic carbocycles. The second kappa shape index (κ2) is 17.8. The van der Waals surface area contributed by atoms with Crippen LogP contribution in [0.25, 0.3) is 35.4 Å². The van der Waals surface area contributed by atoms with Gasteiger partial charge in [0.15, 0.2) is 0 Å². The zero-order valence-electron chi connectivity index (χ0n) is 35.5. The largest absolute Gasteiger partial charge is 0.310 e. The van der Waals surface area contributed by atoms with Gasteiger partial charge in [-0.25, -0.2) is 0 Å². The smallest absolute Gasteiger partial charge is 0.0491 e. The van der Waals surface area contributed by atoms with Gasteiger partial charge in [-0.3, -0.25) is 0 Å². The average molecular weight is 777 g/mol. The van der Waals surface area contributed by atoms with E-state index in [9.17, 15) is 0 Å². The van der Waals surface area contributed by atoms with Crippen molar-refractivity contribution in [3.05, 3.63) is 238 Å². The molecule has 0 bridgehead atoms.